The Hall–Kier alpha value is -9.88. The largest absolute Gasteiger partial charge is 0.481 e. The molecule has 38 nitrogen and oxygen atoms in total. The molecular formula is C50H77N17O21. The maximum Gasteiger partial charge on any atom is 0.326 e. The van der Waals surface area contributed by atoms with Crippen LogP contribution in [0.3, 0.4) is 0 Å². The lowest BCUT2D eigenvalue weighted by Gasteiger charge is -2.26. The van der Waals surface area contributed by atoms with Crippen LogP contribution in [0.1, 0.15) is 103 Å². The fraction of sp³-hybridized carbons (Fsp3) is 0.600. The number of carboxylic acids is 4. The van der Waals surface area contributed by atoms with Crippen LogP contribution in [0.4, 0.5) is 0 Å². The first kappa shape index (κ1) is 74.2. The number of primary amides is 2. The first-order valence-electron chi connectivity index (χ1n) is 27.5. The van der Waals surface area contributed by atoms with Crippen molar-refractivity contribution in [3.05, 3.63) is 18.2 Å². The average Bonchev–Trinajstić information content (AvgIpc) is 4.25. The van der Waals surface area contributed by atoms with Crippen LogP contribution in [0.2, 0.25) is 0 Å². The summed E-state index contributed by atoms with van der Waals surface area (Å²) < 4.78 is 0. The summed E-state index contributed by atoms with van der Waals surface area (Å²) in [7, 11) is 0. The molecule has 2 rings (SSSR count). The number of hydrogen-bond acceptors (Lipinski definition) is 20. The number of likely N-dealkylation sites (tertiary alicyclic amines) is 1. The molecule has 23 N–H and O–H groups in total. The standard InChI is InChI=1S/C50H77N17O21/c1-24(52)42(79)62-29(10-14-40(75)76)48(85)66-32(18-41(77)78)44(81)56-20-37(71)61-31(17-25-19-55-23-59-25)43(80)58-22-38(72)67-16-4-6-33(67)49(86)57-21-36(70)60-26(9-13-39(73)74)45(82)63-27(7-11-34(53)68)46(83)64-28(8-12-35(54)69)47(84)65-30(50(87)88)5-2-3-15-51/h19,23-24,26-33H,2-18,20-22,51-52H2,1H3,(H2,53,68)(H2,54,69)(H,55,59)(H,56,81)(H,57,86)(H,58,80)(H,60,70)(H,61,71)(H,62,79)(H,63,82)(H,64,83)(H,65,84)(H,66,85)(H,73,74)(H,75,76)(H,77,78)(H,87,88)/t24-,26-,27-,28-,29-,30-,31-,32-,33-/m0/s1. The molecule has 0 bridgehead atoms. The van der Waals surface area contributed by atoms with E-state index in [0.717, 1.165) is 4.90 Å². The number of carbonyl (C=O) groups excluding carboxylic acids is 13. The molecule has 1 saturated heterocycles. The van der Waals surface area contributed by atoms with Crippen molar-refractivity contribution in [1.29, 1.82) is 0 Å². The molecule has 0 aromatic carbocycles. The van der Waals surface area contributed by atoms with Crippen LogP contribution in [0, 0.1) is 0 Å². The number of aromatic nitrogens is 2. The lowest BCUT2D eigenvalue weighted by molar-refractivity contribution is -0.143. The van der Waals surface area contributed by atoms with Gasteiger partial charge in [-0.1, -0.05) is 0 Å². The Balaban J connectivity index is 2.17. The van der Waals surface area contributed by atoms with E-state index in [9.17, 15) is 96.8 Å². The number of aliphatic carboxylic acids is 4. The average molecular weight is 1250 g/mol. The second-order valence-electron chi connectivity index (χ2n) is 20.1. The molecule has 0 radical (unpaired) electrons. The van der Waals surface area contributed by atoms with Crippen LogP contribution < -0.4 is 76.1 Å². The van der Waals surface area contributed by atoms with Crippen LogP contribution >= 0.6 is 0 Å². The number of nitrogens with two attached hydrogens (primary N) is 4. The smallest absolute Gasteiger partial charge is 0.326 e. The van der Waals surface area contributed by atoms with Gasteiger partial charge in [-0.2, -0.15) is 0 Å². The molecule has 38 heteroatoms. The zero-order chi connectivity index (χ0) is 66.2. The molecule has 0 saturated carbocycles. The van der Waals surface area contributed by atoms with Crippen molar-refractivity contribution in [2.75, 3.05) is 32.7 Å². The number of amides is 13. The summed E-state index contributed by atoms with van der Waals surface area (Å²) in [5.41, 5.74) is 21.8. The molecule has 0 unspecified atom stereocenters. The number of imidazole rings is 1. The van der Waals surface area contributed by atoms with Gasteiger partial charge in [-0.25, -0.2) is 9.78 Å². The van der Waals surface area contributed by atoms with Gasteiger partial charge >= 0.3 is 23.9 Å². The second-order valence-corrected chi connectivity index (χ2v) is 20.1. The molecule has 1 aliphatic heterocycles. The summed E-state index contributed by atoms with van der Waals surface area (Å²) in [5, 5.41) is 60.2. The summed E-state index contributed by atoms with van der Waals surface area (Å²) in [4.78, 5) is 224. The third kappa shape index (κ3) is 28.3. The highest BCUT2D eigenvalue weighted by Crippen LogP contribution is 2.18. The van der Waals surface area contributed by atoms with Crippen molar-refractivity contribution in [2.45, 2.75) is 158 Å². The number of rotatable bonds is 42. The van der Waals surface area contributed by atoms with Gasteiger partial charge in [0.15, 0.2) is 0 Å². The number of aromatic amines is 1. The van der Waals surface area contributed by atoms with Crippen molar-refractivity contribution < 1.29 is 102 Å². The van der Waals surface area contributed by atoms with E-state index in [1.165, 1.54) is 19.4 Å². The molecule has 88 heavy (non-hydrogen) atoms. The van der Waals surface area contributed by atoms with E-state index >= 15 is 0 Å². The molecule has 13 amide bonds. The first-order chi connectivity index (χ1) is 41.4. The van der Waals surface area contributed by atoms with E-state index in [1.807, 2.05) is 0 Å². The van der Waals surface area contributed by atoms with Gasteiger partial charge < -0.3 is 106 Å². The van der Waals surface area contributed by atoms with E-state index in [0.29, 0.717) is 12.8 Å². The Morgan fingerprint density at radius 1 is 0.557 bits per heavy atom. The minimum atomic E-state index is -1.87. The number of unbranched alkanes of at least 4 members (excludes halogenated alkanes) is 1. The van der Waals surface area contributed by atoms with Gasteiger partial charge in [-0.3, -0.25) is 76.7 Å². The molecule has 488 valence electrons. The van der Waals surface area contributed by atoms with Crippen LogP contribution in [0.5, 0.6) is 0 Å². The SMILES string of the molecule is C[C@H](N)C(=O)N[C@@H](CCC(=O)O)C(=O)N[C@@H](CC(=O)O)C(=O)NCC(=O)N[C@@H](Cc1c[nH]cn1)C(=O)NCC(=O)N1CCC[C@H]1C(=O)NCC(=O)N[C@@H](CCC(=O)O)C(=O)N[C@@H](CCC(N)=O)C(=O)N[C@@H](CCC(N)=O)C(=O)N[C@@H](CCCCN)C(=O)O. The van der Waals surface area contributed by atoms with Crippen LogP contribution in [-0.4, -0.2) is 223 Å². The van der Waals surface area contributed by atoms with E-state index in [2.05, 4.69) is 63.1 Å². The van der Waals surface area contributed by atoms with Gasteiger partial charge in [0, 0.05) is 44.8 Å². The first-order valence-corrected chi connectivity index (χ1v) is 27.5. The maximum atomic E-state index is 13.7. The van der Waals surface area contributed by atoms with Gasteiger partial charge in [0.1, 0.15) is 48.3 Å². The number of hydrogen-bond donors (Lipinski definition) is 19. The highest BCUT2D eigenvalue weighted by Gasteiger charge is 2.37. The summed E-state index contributed by atoms with van der Waals surface area (Å²) >= 11 is 0. The molecule has 1 aromatic heterocycles. The normalized spacial score (nSPS) is 15.3. The van der Waals surface area contributed by atoms with Crippen molar-refractivity contribution in [3.63, 3.8) is 0 Å². The number of carboxylic acid groups (broad SMARTS) is 4. The highest BCUT2D eigenvalue weighted by atomic mass is 16.4. The molecule has 1 fully saturated rings. The van der Waals surface area contributed by atoms with E-state index < -0.39 is 232 Å². The fourth-order valence-electron chi connectivity index (χ4n) is 8.32. The van der Waals surface area contributed by atoms with Crippen molar-refractivity contribution in [1.82, 2.24) is 68.0 Å². The highest BCUT2D eigenvalue weighted by molar-refractivity contribution is 5.99. The van der Waals surface area contributed by atoms with Gasteiger partial charge in [-0.15, -0.1) is 0 Å². The summed E-state index contributed by atoms with van der Waals surface area (Å²) in [5.74, 6) is -19.1. The predicted octanol–water partition coefficient (Wildman–Crippen LogP) is -9.02. The number of nitrogens with one attached hydrogen (secondary N) is 11. The lowest BCUT2D eigenvalue weighted by Crippen LogP contribution is -2.58. The Morgan fingerprint density at radius 2 is 1.01 bits per heavy atom. The van der Waals surface area contributed by atoms with Crippen LogP contribution in [0.15, 0.2) is 12.5 Å². The van der Waals surface area contributed by atoms with Gasteiger partial charge in [0.2, 0.25) is 76.8 Å². The molecule has 0 spiro atoms. The van der Waals surface area contributed by atoms with Crippen molar-refractivity contribution >= 4 is 101 Å². The summed E-state index contributed by atoms with van der Waals surface area (Å²) in [6.45, 7) is -1.07. The monoisotopic (exact) mass is 1250 g/mol. The molecule has 0 aliphatic carbocycles. The van der Waals surface area contributed by atoms with Crippen molar-refractivity contribution in [2.24, 2.45) is 22.9 Å². The van der Waals surface area contributed by atoms with E-state index in [1.54, 1.807) is 0 Å². The fourth-order valence-corrected chi connectivity index (χ4v) is 8.32. The predicted molar refractivity (Wildman–Crippen MR) is 297 cm³/mol. The molecule has 1 aliphatic rings. The number of H-pyrrole nitrogens is 1. The summed E-state index contributed by atoms with van der Waals surface area (Å²) in [6, 6.07) is -13.9. The lowest BCUT2D eigenvalue weighted by atomic mass is 10.0. The van der Waals surface area contributed by atoms with Crippen LogP contribution in [0.25, 0.3) is 0 Å². The zero-order valence-corrected chi connectivity index (χ0v) is 47.9. The minimum absolute atomic E-state index is 0.0173. The third-order valence-electron chi connectivity index (χ3n) is 12.9. The van der Waals surface area contributed by atoms with Gasteiger partial charge in [0.05, 0.1) is 44.1 Å². The number of nitrogens with zero attached hydrogens (tertiary/aromatic N) is 2. The van der Waals surface area contributed by atoms with Crippen molar-refractivity contribution in [3.8, 4) is 0 Å². The maximum absolute atomic E-state index is 13.7. The summed E-state index contributed by atoms with van der Waals surface area (Å²) in [6.07, 6.45) is -2.20. The Morgan fingerprint density at radius 3 is 1.48 bits per heavy atom. The van der Waals surface area contributed by atoms with E-state index in [-0.39, 0.29) is 44.5 Å². The van der Waals surface area contributed by atoms with E-state index in [4.69, 9.17) is 28.0 Å². The number of carbonyl (C=O) groups is 17. The molecule has 9 atom stereocenters. The topological polar surface area (TPSA) is 627 Å². The Labute approximate surface area is 501 Å². The van der Waals surface area contributed by atoms with Gasteiger partial charge in [0.25, 0.3) is 0 Å². The Bertz CT molecular complexity index is 2690. The molecule has 1 aromatic rings. The molecule has 2 heterocycles. The van der Waals surface area contributed by atoms with Gasteiger partial charge in [-0.05, 0) is 71.3 Å². The zero-order valence-electron chi connectivity index (χ0n) is 47.9. The third-order valence-corrected chi connectivity index (χ3v) is 12.9. The quantitative estimate of drug-likeness (QED) is 0.0270. The van der Waals surface area contributed by atoms with Crippen LogP contribution in [-0.2, 0) is 87.9 Å². The Kier molecular flexibility index (Phi) is 32.2. The molecular weight excluding hydrogens is 1170 g/mol. The second kappa shape index (κ2) is 38.2. The minimum Gasteiger partial charge on any atom is -0.481 e.